The minimum absolute atomic E-state index is 0.248. The standard InChI is InChI=1S/C18H27N7O3/c1-3-19-17(24-9-11-25(12-10-24)18(26)27-4-2)20-8-7-15-21-16(23-22-15)14-6-5-13-28-14/h5-6,13H,3-4,7-12H2,1-2H3,(H,19,20)(H,21,22,23). The number of hydrogen-bond donors (Lipinski definition) is 2. The quantitative estimate of drug-likeness (QED) is 0.566. The van der Waals surface area contributed by atoms with Crippen molar-refractivity contribution in [3.8, 4) is 11.6 Å². The van der Waals surface area contributed by atoms with Crippen LogP contribution in [0.2, 0.25) is 0 Å². The van der Waals surface area contributed by atoms with Crippen LogP contribution in [0.4, 0.5) is 4.79 Å². The molecule has 28 heavy (non-hydrogen) atoms. The van der Waals surface area contributed by atoms with Crippen LogP contribution in [0, 0.1) is 0 Å². The Hall–Kier alpha value is -3.04. The van der Waals surface area contributed by atoms with Gasteiger partial charge < -0.3 is 24.3 Å². The molecule has 3 heterocycles. The van der Waals surface area contributed by atoms with Crippen LogP contribution in [-0.4, -0.2) is 82.9 Å². The number of carbonyl (C=O) groups is 1. The molecule has 1 aliphatic rings. The second-order valence-corrected chi connectivity index (χ2v) is 6.24. The molecule has 0 bridgehead atoms. The number of aromatic amines is 1. The second kappa shape index (κ2) is 9.77. The van der Waals surface area contributed by atoms with Gasteiger partial charge in [0.1, 0.15) is 5.82 Å². The maximum atomic E-state index is 11.8. The zero-order valence-electron chi connectivity index (χ0n) is 16.3. The zero-order valence-corrected chi connectivity index (χ0v) is 16.3. The van der Waals surface area contributed by atoms with Gasteiger partial charge in [-0.05, 0) is 26.0 Å². The summed E-state index contributed by atoms with van der Waals surface area (Å²) in [5.74, 6) is 2.79. The van der Waals surface area contributed by atoms with E-state index in [2.05, 4.69) is 25.4 Å². The highest BCUT2D eigenvalue weighted by molar-refractivity contribution is 5.80. The lowest BCUT2D eigenvalue weighted by atomic mass is 10.3. The van der Waals surface area contributed by atoms with Gasteiger partial charge in [-0.1, -0.05) is 0 Å². The van der Waals surface area contributed by atoms with E-state index in [4.69, 9.17) is 14.1 Å². The van der Waals surface area contributed by atoms with Gasteiger partial charge in [0.2, 0.25) is 5.82 Å². The van der Waals surface area contributed by atoms with Gasteiger partial charge in [-0.25, -0.2) is 9.78 Å². The van der Waals surface area contributed by atoms with Crippen LogP contribution in [-0.2, 0) is 11.2 Å². The molecule has 0 radical (unpaired) electrons. The van der Waals surface area contributed by atoms with Crippen LogP contribution in [0.5, 0.6) is 0 Å². The molecular formula is C18H27N7O3. The van der Waals surface area contributed by atoms with Crippen LogP contribution in [0.25, 0.3) is 11.6 Å². The predicted octanol–water partition coefficient (Wildman–Crippen LogP) is 1.35. The van der Waals surface area contributed by atoms with E-state index >= 15 is 0 Å². The molecule has 2 aromatic heterocycles. The van der Waals surface area contributed by atoms with E-state index in [-0.39, 0.29) is 6.09 Å². The van der Waals surface area contributed by atoms with E-state index in [0.29, 0.717) is 44.2 Å². The van der Waals surface area contributed by atoms with Crippen molar-refractivity contribution >= 4 is 12.1 Å². The Balaban J connectivity index is 1.52. The maximum Gasteiger partial charge on any atom is 0.409 e. The lowest BCUT2D eigenvalue weighted by Gasteiger charge is -2.35. The van der Waals surface area contributed by atoms with E-state index in [1.54, 1.807) is 17.2 Å². The van der Waals surface area contributed by atoms with Gasteiger partial charge in [0.05, 0.1) is 12.9 Å². The number of nitrogens with one attached hydrogen (secondary N) is 2. The van der Waals surface area contributed by atoms with Crippen molar-refractivity contribution in [2.24, 2.45) is 4.99 Å². The molecule has 0 aliphatic carbocycles. The number of ether oxygens (including phenoxy) is 1. The lowest BCUT2D eigenvalue weighted by Crippen LogP contribution is -2.54. The van der Waals surface area contributed by atoms with Crippen LogP contribution in [0.1, 0.15) is 19.7 Å². The maximum absolute atomic E-state index is 11.8. The monoisotopic (exact) mass is 389 g/mol. The first-order valence-electron chi connectivity index (χ1n) is 9.61. The van der Waals surface area contributed by atoms with Crippen molar-refractivity contribution in [1.82, 2.24) is 30.3 Å². The van der Waals surface area contributed by atoms with Crippen molar-refractivity contribution in [2.45, 2.75) is 20.3 Å². The summed E-state index contributed by atoms with van der Waals surface area (Å²) in [6, 6.07) is 3.63. The fourth-order valence-electron chi connectivity index (χ4n) is 2.93. The second-order valence-electron chi connectivity index (χ2n) is 6.24. The number of H-pyrrole nitrogens is 1. The molecule has 10 nitrogen and oxygen atoms in total. The topological polar surface area (TPSA) is 112 Å². The lowest BCUT2D eigenvalue weighted by molar-refractivity contribution is 0.0914. The van der Waals surface area contributed by atoms with E-state index in [1.165, 1.54) is 0 Å². The Kier molecular flexibility index (Phi) is 6.88. The number of aromatic nitrogens is 3. The Morgan fingerprint density at radius 2 is 2.11 bits per heavy atom. The third-order valence-electron chi connectivity index (χ3n) is 4.32. The number of hydrogen-bond acceptors (Lipinski definition) is 6. The largest absolute Gasteiger partial charge is 0.461 e. The molecule has 1 amide bonds. The molecule has 1 aliphatic heterocycles. The summed E-state index contributed by atoms with van der Waals surface area (Å²) >= 11 is 0. The molecule has 0 spiro atoms. The Morgan fingerprint density at radius 1 is 1.32 bits per heavy atom. The van der Waals surface area contributed by atoms with Crippen LogP contribution in [0.15, 0.2) is 27.8 Å². The first-order valence-corrected chi connectivity index (χ1v) is 9.61. The summed E-state index contributed by atoms with van der Waals surface area (Å²) in [4.78, 5) is 24.9. The number of guanidine groups is 1. The molecule has 3 rings (SSSR count). The molecule has 0 atom stereocenters. The van der Waals surface area contributed by atoms with Gasteiger partial charge in [-0.15, -0.1) is 0 Å². The van der Waals surface area contributed by atoms with E-state index in [1.807, 2.05) is 19.9 Å². The van der Waals surface area contributed by atoms with Crippen molar-refractivity contribution in [3.05, 3.63) is 24.2 Å². The number of aliphatic imine (C=N–C) groups is 1. The van der Waals surface area contributed by atoms with Gasteiger partial charge in [-0.2, -0.15) is 5.10 Å². The summed E-state index contributed by atoms with van der Waals surface area (Å²) in [6.45, 7) is 8.29. The number of furan rings is 1. The molecule has 2 N–H and O–H groups in total. The summed E-state index contributed by atoms with van der Waals surface area (Å²) in [5.41, 5.74) is 0. The first kappa shape index (κ1) is 19.7. The van der Waals surface area contributed by atoms with Crippen molar-refractivity contribution < 1.29 is 13.9 Å². The molecule has 1 fully saturated rings. The molecule has 2 aromatic rings. The fraction of sp³-hybridized carbons (Fsp3) is 0.556. The molecule has 152 valence electrons. The SMILES string of the molecule is CCNC(=NCCc1nc(-c2ccco2)n[nH]1)N1CCN(C(=O)OCC)CC1. The molecule has 1 saturated heterocycles. The van der Waals surface area contributed by atoms with Crippen LogP contribution in [0.3, 0.4) is 0 Å². The molecule has 0 aromatic carbocycles. The third-order valence-corrected chi connectivity index (χ3v) is 4.32. The van der Waals surface area contributed by atoms with Gasteiger partial charge in [0.25, 0.3) is 0 Å². The summed E-state index contributed by atoms with van der Waals surface area (Å²) < 4.78 is 10.4. The summed E-state index contributed by atoms with van der Waals surface area (Å²) in [7, 11) is 0. The average Bonchev–Trinajstić information content (AvgIpc) is 3.39. The molecule has 0 unspecified atom stereocenters. The number of nitrogens with zero attached hydrogens (tertiary/aromatic N) is 5. The molecule has 0 saturated carbocycles. The highest BCUT2D eigenvalue weighted by Crippen LogP contribution is 2.14. The smallest absolute Gasteiger partial charge is 0.409 e. The van der Waals surface area contributed by atoms with Crippen molar-refractivity contribution in [3.63, 3.8) is 0 Å². The normalized spacial score (nSPS) is 15.0. The number of amides is 1. The van der Waals surface area contributed by atoms with Gasteiger partial charge in [-0.3, -0.25) is 10.1 Å². The first-order chi connectivity index (χ1) is 13.7. The highest BCUT2D eigenvalue weighted by Gasteiger charge is 2.23. The third kappa shape index (κ3) is 5.02. The van der Waals surface area contributed by atoms with E-state index in [0.717, 1.165) is 31.4 Å². The Bertz CT molecular complexity index is 764. The van der Waals surface area contributed by atoms with Crippen LogP contribution < -0.4 is 5.32 Å². The molecular weight excluding hydrogens is 362 g/mol. The highest BCUT2D eigenvalue weighted by atomic mass is 16.6. The summed E-state index contributed by atoms with van der Waals surface area (Å²) in [5, 5.41) is 10.4. The fourth-order valence-corrected chi connectivity index (χ4v) is 2.93. The van der Waals surface area contributed by atoms with E-state index < -0.39 is 0 Å². The minimum atomic E-state index is -0.248. The van der Waals surface area contributed by atoms with Gasteiger partial charge >= 0.3 is 6.09 Å². The Labute approximate surface area is 164 Å². The summed E-state index contributed by atoms with van der Waals surface area (Å²) in [6.07, 6.45) is 1.99. The zero-order chi connectivity index (χ0) is 19.8. The number of carbonyl (C=O) groups excluding carboxylic acids is 1. The predicted molar refractivity (Wildman–Crippen MR) is 104 cm³/mol. The Morgan fingerprint density at radius 3 is 2.79 bits per heavy atom. The number of piperazine rings is 1. The van der Waals surface area contributed by atoms with E-state index in [9.17, 15) is 4.79 Å². The van der Waals surface area contributed by atoms with Crippen LogP contribution >= 0.6 is 0 Å². The van der Waals surface area contributed by atoms with Crippen molar-refractivity contribution in [2.75, 3.05) is 45.9 Å². The van der Waals surface area contributed by atoms with Gasteiger partial charge in [0, 0.05) is 45.7 Å². The minimum Gasteiger partial charge on any atom is -0.461 e. The average molecular weight is 389 g/mol. The van der Waals surface area contributed by atoms with Crippen molar-refractivity contribution in [1.29, 1.82) is 0 Å². The molecule has 10 heteroatoms. The number of rotatable bonds is 6. The van der Waals surface area contributed by atoms with Gasteiger partial charge in [0.15, 0.2) is 11.7 Å².